The van der Waals surface area contributed by atoms with Crippen molar-refractivity contribution in [3.63, 3.8) is 0 Å². The van der Waals surface area contributed by atoms with Gasteiger partial charge in [0, 0.05) is 0 Å². The molecular weight excluding hydrogens is 164 g/mol. The second-order valence-corrected chi connectivity index (χ2v) is 3.41. The van der Waals surface area contributed by atoms with Gasteiger partial charge < -0.3 is 10.6 Å². The van der Waals surface area contributed by atoms with Gasteiger partial charge in [-0.3, -0.25) is 4.79 Å². The number of nitrogens with one attached hydrogen (secondary N) is 2. The van der Waals surface area contributed by atoms with Crippen LogP contribution < -0.4 is 10.6 Å². The fourth-order valence-electron chi connectivity index (χ4n) is 1.66. The first-order chi connectivity index (χ1) is 6.16. The van der Waals surface area contributed by atoms with E-state index >= 15 is 0 Å². The lowest BCUT2D eigenvalue weighted by Crippen LogP contribution is -2.27. The Kier molecular flexibility index (Phi) is 1.72. The normalized spacial score (nSPS) is 14.5. The van der Waals surface area contributed by atoms with Gasteiger partial charge >= 0.3 is 0 Å². The molecule has 0 spiro atoms. The summed E-state index contributed by atoms with van der Waals surface area (Å²) in [5.41, 5.74) is 4.29. The minimum atomic E-state index is 0.0255. The molecule has 13 heavy (non-hydrogen) atoms. The van der Waals surface area contributed by atoms with Gasteiger partial charge in [-0.25, -0.2) is 0 Å². The molecule has 1 aliphatic heterocycles. The van der Waals surface area contributed by atoms with E-state index in [2.05, 4.69) is 16.7 Å². The Balaban J connectivity index is 2.53. The summed E-state index contributed by atoms with van der Waals surface area (Å²) in [5, 5.41) is 5.94. The molecule has 1 aliphatic rings. The monoisotopic (exact) mass is 176 g/mol. The highest BCUT2D eigenvalue weighted by Gasteiger charge is 2.15. The molecule has 0 atom stereocenters. The number of aryl methyl sites for hydroxylation is 2. The Hall–Kier alpha value is -1.51. The molecular formula is C10H12N2O. The number of carbonyl (C=O) groups is 1. The van der Waals surface area contributed by atoms with E-state index in [1.54, 1.807) is 0 Å². The lowest BCUT2D eigenvalue weighted by atomic mass is 10.1. The van der Waals surface area contributed by atoms with E-state index in [1.807, 2.05) is 19.9 Å². The first-order valence-electron chi connectivity index (χ1n) is 4.32. The molecule has 1 aromatic carbocycles. The maximum Gasteiger partial charge on any atom is 0.243 e. The van der Waals surface area contributed by atoms with Crippen LogP contribution in [0.25, 0.3) is 0 Å². The molecule has 3 nitrogen and oxygen atoms in total. The molecule has 0 bridgehead atoms. The highest BCUT2D eigenvalue weighted by molar-refractivity contribution is 6.01. The van der Waals surface area contributed by atoms with Gasteiger partial charge in [-0.2, -0.15) is 0 Å². The van der Waals surface area contributed by atoms with Gasteiger partial charge in [-0.15, -0.1) is 0 Å². The molecule has 1 heterocycles. The third-order valence-corrected chi connectivity index (χ3v) is 2.18. The predicted molar refractivity (Wildman–Crippen MR) is 53.0 cm³/mol. The largest absolute Gasteiger partial charge is 0.374 e. The molecule has 0 saturated carbocycles. The van der Waals surface area contributed by atoms with Crippen molar-refractivity contribution in [1.29, 1.82) is 0 Å². The number of carbonyl (C=O) groups excluding carboxylic acids is 1. The van der Waals surface area contributed by atoms with Crippen molar-refractivity contribution < 1.29 is 4.79 Å². The number of fused-ring (bicyclic) bond motifs is 1. The molecule has 3 heteroatoms. The molecule has 0 fully saturated rings. The SMILES string of the molecule is Cc1cc(C)c2c(c1)NC(=O)CN2. The van der Waals surface area contributed by atoms with Crippen molar-refractivity contribution in [1.82, 2.24) is 0 Å². The summed E-state index contributed by atoms with van der Waals surface area (Å²) < 4.78 is 0. The number of hydrogen-bond donors (Lipinski definition) is 2. The molecule has 0 aliphatic carbocycles. The Bertz CT molecular complexity index is 371. The smallest absolute Gasteiger partial charge is 0.243 e. The molecule has 1 aromatic rings. The lowest BCUT2D eigenvalue weighted by molar-refractivity contribution is -0.114. The van der Waals surface area contributed by atoms with E-state index in [4.69, 9.17) is 0 Å². The molecule has 68 valence electrons. The van der Waals surface area contributed by atoms with Crippen molar-refractivity contribution in [3.8, 4) is 0 Å². The fraction of sp³-hybridized carbons (Fsp3) is 0.300. The van der Waals surface area contributed by atoms with Crippen molar-refractivity contribution in [3.05, 3.63) is 23.3 Å². The van der Waals surface area contributed by atoms with Crippen LogP contribution in [0, 0.1) is 13.8 Å². The van der Waals surface area contributed by atoms with Crippen LogP contribution in [0.15, 0.2) is 12.1 Å². The van der Waals surface area contributed by atoms with Gasteiger partial charge in [-0.05, 0) is 31.0 Å². The highest BCUT2D eigenvalue weighted by atomic mass is 16.2. The van der Waals surface area contributed by atoms with E-state index in [-0.39, 0.29) is 5.91 Å². The standard InChI is InChI=1S/C10H12N2O/c1-6-3-7(2)10-8(4-6)12-9(13)5-11-10/h3-4,11H,5H2,1-2H3,(H,12,13). The van der Waals surface area contributed by atoms with E-state index < -0.39 is 0 Å². The first-order valence-corrected chi connectivity index (χ1v) is 4.32. The number of anilines is 2. The predicted octanol–water partition coefficient (Wildman–Crippen LogP) is 1.67. The van der Waals surface area contributed by atoms with Crippen LogP contribution in [-0.4, -0.2) is 12.5 Å². The van der Waals surface area contributed by atoms with E-state index in [0.717, 1.165) is 11.4 Å². The zero-order valence-corrected chi connectivity index (χ0v) is 7.77. The molecule has 2 N–H and O–H groups in total. The highest BCUT2D eigenvalue weighted by Crippen LogP contribution is 2.29. The van der Waals surface area contributed by atoms with Crippen molar-refractivity contribution in [2.45, 2.75) is 13.8 Å². The third-order valence-electron chi connectivity index (χ3n) is 2.18. The maximum atomic E-state index is 11.1. The first kappa shape index (κ1) is 8.10. The molecule has 0 unspecified atom stereocenters. The summed E-state index contributed by atoms with van der Waals surface area (Å²) in [7, 11) is 0. The number of amides is 1. The summed E-state index contributed by atoms with van der Waals surface area (Å²) in [5.74, 6) is 0.0255. The van der Waals surface area contributed by atoms with E-state index in [0.29, 0.717) is 6.54 Å². The zero-order chi connectivity index (χ0) is 9.42. The van der Waals surface area contributed by atoms with Gasteiger partial charge in [0.15, 0.2) is 0 Å². The number of benzene rings is 1. The minimum absolute atomic E-state index is 0.0255. The number of hydrogen-bond acceptors (Lipinski definition) is 2. The van der Waals surface area contributed by atoms with Crippen molar-refractivity contribution >= 4 is 17.3 Å². The summed E-state index contributed by atoms with van der Waals surface area (Å²) >= 11 is 0. The fourth-order valence-corrected chi connectivity index (χ4v) is 1.66. The van der Waals surface area contributed by atoms with Crippen LogP contribution >= 0.6 is 0 Å². The summed E-state index contributed by atoms with van der Waals surface area (Å²) in [6, 6.07) is 4.08. The lowest BCUT2D eigenvalue weighted by Gasteiger charge is -2.21. The molecule has 0 saturated heterocycles. The van der Waals surface area contributed by atoms with Crippen LogP contribution in [0.1, 0.15) is 11.1 Å². The van der Waals surface area contributed by atoms with Crippen LogP contribution in [-0.2, 0) is 4.79 Å². The van der Waals surface area contributed by atoms with Crippen molar-refractivity contribution in [2.75, 3.05) is 17.2 Å². The Labute approximate surface area is 77.1 Å². The second kappa shape index (κ2) is 2.76. The molecule has 0 aromatic heterocycles. The Morgan fingerprint density at radius 1 is 1.31 bits per heavy atom. The molecule has 2 rings (SSSR count). The maximum absolute atomic E-state index is 11.1. The van der Waals surface area contributed by atoms with Crippen LogP contribution in [0.4, 0.5) is 11.4 Å². The Morgan fingerprint density at radius 3 is 2.85 bits per heavy atom. The summed E-state index contributed by atoms with van der Waals surface area (Å²) in [6.07, 6.45) is 0. The van der Waals surface area contributed by atoms with E-state index in [1.165, 1.54) is 11.1 Å². The van der Waals surface area contributed by atoms with Gasteiger partial charge in [0.1, 0.15) is 0 Å². The molecule has 0 radical (unpaired) electrons. The second-order valence-electron chi connectivity index (χ2n) is 3.41. The topological polar surface area (TPSA) is 41.1 Å². The quantitative estimate of drug-likeness (QED) is 0.631. The van der Waals surface area contributed by atoms with Gasteiger partial charge in [0.25, 0.3) is 0 Å². The average Bonchev–Trinajstić information content (AvgIpc) is 2.02. The third kappa shape index (κ3) is 1.37. The summed E-state index contributed by atoms with van der Waals surface area (Å²) in [6.45, 7) is 4.43. The van der Waals surface area contributed by atoms with Gasteiger partial charge in [-0.1, -0.05) is 6.07 Å². The number of rotatable bonds is 0. The van der Waals surface area contributed by atoms with Crippen molar-refractivity contribution in [2.24, 2.45) is 0 Å². The molecule has 1 amide bonds. The minimum Gasteiger partial charge on any atom is -0.374 e. The zero-order valence-electron chi connectivity index (χ0n) is 7.77. The summed E-state index contributed by atoms with van der Waals surface area (Å²) in [4.78, 5) is 11.1. The Morgan fingerprint density at radius 2 is 2.08 bits per heavy atom. The van der Waals surface area contributed by atoms with Crippen LogP contribution in [0.2, 0.25) is 0 Å². The van der Waals surface area contributed by atoms with E-state index in [9.17, 15) is 4.79 Å². The van der Waals surface area contributed by atoms with Crippen LogP contribution in [0.3, 0.4) is 0 Å². The van der Waals surface area contributed by atoms with Gasteiger partial charge in [0.2, 0.25) is 5.91 Å². The average molecular weight is 176 g/mol. The van der Waals surface area contributed by atoms with Gasteiger partial charge in [0.05, 0.1) is 17.9 Å². The van der Waals surface area contributed by atoms with Crippen LogP contribution in [0.5, 0.6) is 0 Å².